The van der Waals surface area contributed by atoms with Gasteiger partial charge in [0.2, 0.25) is 0 Å². The number of thiazole rings is 1. The van der Waals surface area contributed by atoms with Crippen molar-refractivity contribution in [2.24, 2.45) is 0 Å². The van der Waals surface area contributed by atoms with Gasteiger partial charge >= 0.3 is 0 Å². The number of rotatable bonds is 2. The number of benzene rings is 1. The van der Waals surface area contributed by atoms with Crippen molar-refractivity contribution in [1.82, 2.24) is 10.3 Å². The Morgan fingerprint density at radius 2 is 2.11 bits per heavy atom. The Morgan fingerprint density at radius 1 is 1.33 bits per heavy atom. The van der Waals surface area contributed by atoms with Crippen LogP contribution in [0.3, 0.4) is 0 Å². The number of halogens is 1. The van der Waals surface area contributed by atoms with Gasteiger partial charge in [-0.1, -0.05) is 12.1 Å². The Morgan fingerprint density at radius 3 is 2.83 bits per heavy atom. The predicted molar refractivity (Wildman–Crippen MR) is 71.3 cm³/mol. The number of nitrogens with zero attached hydrogens (tertiary/aromatic N) is 1. The molecule has 4 heteroatoms. The van der Waals surface area contributed by atoms with Gasteiger partial charge in [-0.3, -0.25) is 0 Å². The zero-order valence-corrected chi connectivity index (χ0v) is 11.1. The van der Waals surface area contributed by atoms with Crippen LogP contribution in [0.25, 0.3) is 0 Å². The van der Waals surface area contributed by atoms with Crippen LogP contribution in [0.5, 0.6) is 0 Å². The molecule has 1 aromatic carbocycles. The average molecular weight is 262 g/mol. The van der Waals surface area contributed by atoms with E-state index in [-0.39, 0.29) is 11.4 Å². The molecule has 0 amide bonds. The van der Waals surface area contributed by atoms with Crippen molar-refractivity contribution >= 4 is 11.3 Å². The molecule has 0 bridgehead atoms. The molecule has 1 atom stereocenters. The van der Waals surface area contributed by atoms with Crippen molar-refractivity contribution in [3.63, 3.8) is 0 Å². The zero-order valence-electron chi connectivity index (χ0n) is 10.2. The third-order valence-corrected chi connectivity index (χ3v) is 4.73. The molecule has 2 nitrogen and oxygen atoms in total. The van der Waals surface area contributed by atoms with Crippen LogP contribution in [-0.2, 0) is 18.4 Å². The summed E-state index contributed by atoms with van der Waals surface area (Å²) >= 11 is 1.72. The van der Waals surface area contributed by atoms with Gasteiger partial charge in [0.05, 0.1) is 11.2 Å². The highest BCUT2D eigenvalue weighted by Crippen LogP contribution is 2.37. The molecule has 94 valence electrons. The molecule has 1 aliphatic carbocycles. The maximum absolute atomic E-state index is 13.0. The van der Waals surface area contributed by atoms with Gasteiger partial charge in [0.15, 0.2) is 0 Å². The smallest absolute Gasteiger partial charge is 0.123 e. The van der Waals surface area contributed by atoms with Gasteiger partial charge in [0, 0.05) is 16.8 Å². The highest BCUT2D eigenvalue weighted by molar-refractivity contribution is 7.09. The van der Waals surface area contributed by atoms with Crippen LogP contribution in [0, 0.1) is 5.82 Å². The van der Waals surface area contributed by atoms with Gasteiger partial charge in [-0.25, -0.2) is 9.37 Å². The van der Waals surface area contributed by atoms with Gasteiger partial charge in [0.1, 0.15) is 5.82 Å². The summed E-state index contributed by atoms with van der Waals surface area (Å²) in [6, 6.07) is 6.85. The van der Waals surface area contributed by atoms with Gasteiger partial charge in [-0.15, -0.1) is 11.3 Å². The van der Waals surface area contributed by atoms with Crippen LogP contribution >= 0.6 is 11.3 Å². The highest BCUT2D eigenvalue weighted by atomic mass is 32.1. The minimum absolute atomic E-state index is 0.0762. The second-order valence-electron chi connectivity index (χ2n) is 4.74. The Bertz CT molecular complexity index is 549. The molecule has 0 spiro atoms. The normalized spacial score (nSPS) is 22.8. The Labute approximate surface area is 110 Å². The molecular weight excluding hydrogens is 247 g/mol. The third-order valence-electron chi connectivity index (χ3n) is 3.85. The minimum atomic E-state index is -0.181. The van der Waals surface area contributed by atoms with Crippen molar-refractivity contribution in [3.8, 4) is 0 Å². The maximum atomic E-state index is 13.0. The van der Waals surface area contributed by atoms with E-state index in [4.69, 9.17) is 0 Å². The molecule has 1 N–H and O–H groups in total. The molecule has 3 rings (SSSR count). The highest BCUT2D eigenvalue weighted by Gasteiger charge is 2.35. The summed E-state index contributed by atoms with van der Waals surface area (Å²) in [6.07, 6.45) is 2.93. The standard InChI is InChI=1S/C14H15FN2S/c1-16-14(10-2-4-11(15)5-3-10)7-6-12-13(8-14)18-9-17-12/h2-5,9,16H,6-8H2,1H3. The summed E-state index contributed by atoms with van der Waals surface area (Å²) in [5, 5.41) is 3.44. The maximum Gasteiger partial charge on any atom is 0.123 e. The molecule has 1 heterocycles. The van der Waals surface area contributed by atoms with Crippen LogP contribution in [0.4, 0.5) is 4.39 Å². The SMILES string of the molecule is CNC1(c2ccc(F)cc2)CCc2ncsc2C1. The van der Waals surface area contributed by atoms with Crippen molar-refractivity contribution < 1.29 is 4.39 Å². The van der Waals surface area contributed by atoms with Crippen LogP contribution in [0.2, 0.25) is 0 Å². The molecule has 1 aromatic heterocycles. The lowest BCUT2D eigenvalue weighted by Gasteiger charge is -2.37. The Hall–Kier alpha value is -1.26. The first-order valence-corrected chi connectivity index (χ1v) is 6.98. The number of hydrogen-bond donors (Lipinski definition) is 1. The van der Waals surface area contributed by atoms with Gasteiger partial charge in [0.25, 0.3) is 0 Å². The van der Waals surface area contributed by atoms with E-state index in [0.717, 1.165) is 24.8 Å². The van der Waals surface area contributed by atoms with Crippen molar-refractivity contribution in [1.29, 1.82) is 0 Å². The van der Waals surface area contributed by atoms with Crippen LogP contribution < -0.4 is 5.32 Å². The van der Waals surface area contributed by atoms with Gasteiger partial charge in [-0.2, -0.15) is 0 Å². The van der Waals surface area contributed by atoms with E-state index >= 15 is 0 Å². The van der Waals surface area contributed by atoms with E-state index in [0.29, 0.717) is 0 Å². The summed E-state index contributed by atoms with van der Waals surface area (Å²) < 4.78 is 13.0. The molecular formula is C14H15FN2S. The van der Waals surface area contributed by atoms with Crippen molar-refractivity contribution in [3.05, 3.63) is 51.7 Å². The van der Waals surface area contributed by atoms with E-state index in [9.17, 15) is 4.39 Å². The first kappa shape index (κ1) is 11.8. The first-order chi connectivity index (χ1) is 8.73. The van der Waals surface area contributed by atoms with Gasteiger partial charge < -0.3 is 5.32 Å². The average Bonchev–Trinajstić information content (AvgIpc) is 2.86. The van der Waals surface area contributed by atoms with Crippen molar-refractivity contribution in [2.75, 3.05) is 7.05 Å². The molecule has 0 saturated heterocycles. The van der Waals surface area contributed by atoms with Gasteiger partial charge in [-0.05, 0) is 37.6 Å². The molecule has 18 heavy (non-hydrogen) atoms. The molecule has 0 fully saturated rings. The van der Waals surface area contributed by atoms with Crippen LogP contribution in [0.1, 0.15) is 22.6 Å². The summed E-state index contributed by atoms with van der Waals surface area (Å²) in [6.45, 7) is 0. The van der Waals surface area contributed by atoms with E-state index in [1.165, 1.54) is 22.7 Å². The molecule has 0 radical (unpaired) electrons. The van der Waals surface area contributed by atoms with E-state index < -0.39 is 0 Å². The fourth-order valence-corrected chi connectivity index (χ4v) is 3.64. The monoisotopic (exact) mass is 262 g/mol. The predicted octanol–water partition coefficient (Wildman–Crippen LogP) is 2.89. The second-order valence-corrected chi connectivity index (χ2v) is 5.68. The first-order valence-electron chi connectivity index (χ1n) is 6.10. The number of aromatic nitrogens is 1. The van der Waals surface area contributed by atoms with E-state index in [2.05, 4.69) is 10.3 Å². The molecule has 0 aliphatic heterocycles. The second kappa shape index (κ2) is 4.44. The summed E-state index contributed by atoms with van der Waals surface area (Å²) in [5.74, 6) is -0.181. The van der Waals surface area contributed by atoms with E-state index in [1.54, 1.807) is 11.3 Å². The lowest BCUT2D eigenvalue weighted by molar-refractivity contribution is 0.315. The molecule has 0 saturated carbocycles. The number of nitrogens with one attached hydrogen (secondary N) is 1. The third kappa shape index (κ3) is 1.85. The number of fused-ring (bicyclic) bond motifs is 1. The fraction of sp³-hybridized carbons (Fsp3) is 0.357. The molecule has 1 unspecified atom stereocenters. The zero-order chi connectivity index (χ0) is 12.6. The van der Waals surface area contributed by atoms with Crippen LogP contribution in [0.15, 0.2) is 29.8 Å². The molecule has 2 aromatic rings. The van der Waals surface area contributed by atoms with Crippen molar-refractivity contribution in [2.45, 2.75) is 24.8 Å². The Balaban J connectivity index is 1.99. The van der Waals surface area contributed by atoms with Crippen LogP contribution in [-0.4, -0.2) is 12.0 Å². The number of aryl methyl sites for hydroxylation is 1. The lowest BCUT2D eigenvalue weighted by Crippen LogP contribution is -2.44. The lowest BCUT2D eigenvalue weighted by atomic mass is 9.78. The number of hydrogen-bond acceptors (Lipinski definition) is 3. The summed E-state index contributed by atoms with van der Waals surface area (Å²) in [4.78, 5) is 5.74. The number of likely N-dealkylation sites (N-methyl/N-ethyl adjacent to an activating group) is 1. The minimum Gasteiger partial charge on any atom is -0.310 e. The Kier molecular flexibility index (Phi) is 2.92. The largest absolute Gasteiger partial charge is 0.310 e. The van der Waals surface area contributed by atoms with E-state index in [1.807, 2.05) is 24.7 Å². The summed E-state index contributed by atoms with van der Waals surface area (Å²) in [7, 11) is 1.98. The topological polar surface area (TPSA) is 24.9 Å². The molecule has 1 aliphatic rings. The quantitative estimate of drug-likeness (QED) is 0.900. The fourth-order valence-electron chi connectivity index (χ4n) is 2.71. The summed E-state index contributed by atoms with van der Waals surface area (Å²) in [5.41, 5.74) is 4.23.